The second-order valence-corrected chi connectivity index (χ2v) is 7.13. The molecule has 0 aliphatic carbocycles. The SMILES string of the molecule is CSCC(C)CNC(=O)c1csc(I)c1. The summed E-state index contributed by atoms with van der Waals surface area (Å²) in [6, 6.07) is 1.92. The lowest BCUT2D eigenvalue weighted by molar-refractivity contribution is 0.0949. The van der Waals surface area contributed by atoms with Crippen molar-refractivity contribution in [2.24, 2.45) is 5.92 Å². The molecule has 15 heavy (non-hydrogen) atoms. The van der Waals surface area contributed by atoms with Crippen molar-refractivity contribution in [3.05, 3.63) is 19.9 Å². The van der Waals surface area contributed by atoms with Crippen molar-refractivity contribution in [3.8, 4) is 0 Å². The van der Waals surface area contributed by atoms with Gasteiger partial charge in [-0.15, -0.1) is 11.3 Å². The number of nitrogens with one attached hydrogen (secondary N) is 1. The highest BCUT2D eigenvalue weighted by Gasteiger charge is 2.08. The van der Waals surface area contributed by atoms with E-state index >= 15 is 0 Å². The van der Waals surface area contributed by atoms with Gasteiger partial charge in [-0.3, -0.25) is 4.79 Å². The lowest BCUT2D eigenvalue weighted by Crippen LogP contribution is -2.28. The van der Waals surface area contributed by atoms with Crippen molar-refractivity contribution < 1.29 is 4.79 Å². The number of thiophene rings is 1. The van der Waals surface area contributed by atoms with Crippen molar-refractivity contribution in [1.82, 2.24) is 5.32 Å². The van der Waals surface area contributed by atoms with Crippen LogP contribution < -0.4 is 5.32 Å². The van der Waals surface area contributed by atoms with Crippen LogP contribution in [0, 0.1) is 8.80 Å². The molecule has 84 valence electrons. The van der Waals surface area contributed by atoms with E-state index in [-0.39, 0.29) is 5.91 Å². The number of amides is 1. The standard InChI is InChI=1S/C10H14INOS2/c1-7(5-14-2)4-12-10(13)8-3-9(11)15-6-8/h3,6-7H,4-5H2,1-2H3,(H,12,13). The molecule has 1 aromatic rings. The van der Waals surface area contributed by atoms with Crippen LogP contribution in [0.5, 0.6) is 0 Å². The maximum absolute atomic E-state index is 11.7. The average Bonchev–Trinajstić information content (AvgIpc) is 2.62. The van der Waals surface area contributed by atoms with Crippen molar-refractivity contribution in [3.63, 3.8) is 0 Å². The molecule has 0 aromatic carbocycles. The highest BCUT2D eigenvalue weighted by Crippen LogP contribution is 2.16. The number of rotatable bonds is 5. The summed E-state index contributed by atoms with van der Waals surface area (Å²) in [6.45, 7) is 2.90. The number of carbonyl (C=O) groups is 1. The Morgan fingerprint density at radius 2 is 2.47 bits per heavy atom. The third-order valence-electron chi connectivity index (χ3n) is 1.89. The molecule has 1 atom stereocenters. The Bertz CT molecular complexity index is 327. The Morgan fingerprint density at radius 3 is 3.00 bits per heavy atom. The van der Waals surface area contributed by atoms with Gasteiger partial charge in [0.25, 0.3) is 5.91 Å². The minimum absolute atomic E-state index is 0.0436. The van der Waals surface area contributed by atoms with Gasteiger partial charge in [-0.1, -0.05) is 6.92 Å². The number of carbonyl (C=O) groups excluding carboxylic acids is 1. The van der Waals surface area contributed by atoms with E-state index in [2.05, 4.69) is 41.1 Å². The molecule has 1 rings (SSSR count). The highest BCUT2D eigenvalue weighted by atomic mass is 127. The molecule has 1 heterocycles. The van der Waals surface area contributed by atoms with Crippen molar-refractivity contribution >= 4 is 51.6 Å². The largest absolute Gasteiger partial charge is 0.352 e. The van der Waals surface area contributed by atoms with Crippen LogP contribution in [0.3, 0.4) is 0 Å². The summed E-state index contributed by atoms with van der Waals surface area (Å²) >= 11 is 5.63. The number of halogens is 1. The normalized spacial score (nSPS) is 12.5. The number of hydrogen-bond acceptors (Lipinski definition) is 3. The van der Waals surface area contributed by atoms with Crippen LogP contribution in [0.1, 0.15) is 17.3 Å². The molecule has 0 saturated heterocycles. The van der Waals surface area contributed by atoms with E-state index in [1.807, 2.05) is 23.2 Å². The summed E-state index contributed by atoms with van der Waals surface area (Å²) in [5.74, 6) is 1.66. The summed E-state index contributed by atoms with van der Waals surface area (Å²) < 4.78 is 1.15. The van der Waals surface area contributed by atoms with Crippen LogP contribution in [0.15, 0.2) is 11.4 Å². The van der Waals surface area contributed by atoms with E-state index in [4.69, 9.17) is 0 Å². The van der Waals surface area contributed by atoms with Crippen LogP contribution in [-0.4, -0.2) is 24.5 Å². The third-order valence-corrected chi connectivity index (χ3v) is 4.58. The topological polar surface area (TPSA) is 29.1 Å². The van der Waals surface area contributed by atoms with Gasteiger partial charge in [0.05, 0.1) is 8.45 Å². The van der Waals surface area contributed by atoms with Crippen LogP contribution >= 0.6 is 45.7 Å². The summed E-state index contributed by atoms with van der Waals surface area (Å²) in [5.41, 5.74) is 0.778. The van der Waals surface area contributed by atoms with Crippen molar-refractivity contribution in [2.45, 2.75) is 6.92 Å². The van der Waals surface area contributed by atoms with Gasteiger partial charge < -0.3 is 5.32 Å². The third kappa shape index (κ3) is 4.74. The smallest absolute Gasteiger partial charge is 0.252 e. The second-order valence-electron chi connectivity index (χ2n) is 3.41. The predicted octanol–water partition coefficient (Wildman–Crippen LogP) is 3.08. The molecule has 0 fully saturated rings. The zero-order valence-corrected chi connectivity index (χ0v) is 12.5. The predicted molar refractivity (Wildman–Crippen MR) is 76.9 cm³/mol. The first kappa shape index (κ1) is 13.3. The molecule has 1 aromatic heterocycles. The van der Waals surface area contributed by atoms with E-state index in [0.717, 1.165) is 20.7 Å². The summed E-state index contributed by atoms with van der Waals surface area (Å²) in [7, 11) is 0. The van der Waals surface area contributed by atoms with Gasteiger partial charge in [-0.2, -0.15) is 11.8 Å². The molecule has 5 heteroatoms. The minimum atomic E-state index is 0.0436. The maximum Gasteiger partial charge on any atom is 0.252 e. The molecular formula is C10H14INOS2. The van der Waals surface area contributed by atoms with Gasteiger partial charge in [0.2, 0.25) is 0 Å². The monoisotopic (exact) mass is 355 g/mol. The number of thioether (sulfide) groups is 1. The van der Waals surface area contributed by atoms with Gasteiger partial charge in [0.15, 0.2) is 0 Å². The molecule has 0 spiro atoms. The maximum atomic E-state index is 11.7. The molecule has 0 radical (unpaired) electrons. The molecule has 0 bridgehead atoms. The van der Waals surface area contributed by atoms with Crippen LogP contribution in [-0.2, 0) is 0 Å². The van der Waals surface area contributed by atoms with E-state index in [1.165, 1.54) is 0 Å². The quantitative estimate of drug-likeness (QED) is 0.823. The summed E-state index contributed by atoms with van der Waals surface area (Å²) in [5, 5.41) is 4.85. The highest BCUT2D eigenvalue weighted by molar-refractivity contribution is 14.1. The zero-order chi connectivity index (χ0) is 11.3. The van der Waals surface area contributed by atoms with E-state index < -0.39 is 0 Å². The van der Waals surface area contributed by atoms with Crippen molar-refractivity contribution in [1.29, 1.82) is 0 Å². The van der Waals surface area contributed by atoms with Crippen LogP contribution in [0.2, 0.25) is 0 Å². The van der Waals surface area contributed by atoms with E-state index in [0.29, 0.717) is 5.92 Å². The molecule has 1 unspecified atom stereocenters. The second kappa shape index (κ2) is 6.75. The van der Waals surface area contributed by atoms with E-state index in [9.17, 15) is 4.79 Å². The Hall–Kier alpha value is 0.250. The summed E-state index contributed by atoms with van der Waals surface area (Å²) in [4.78, 5) is 11.7. The molecule has 0 aliphatic rings. The molecule has 0 saturated carbocycles. The molecule has 2 nitrogen and oxygen atoms in total. The van der Waals surface area contributed by atoms with Gasteiger partial charge >= 0.3 is 0 Å². The molecule has 1 N–H and O–H groups in total. The van der Waals surface area contributed by atoms with Gasteiger partial charge in [0.1, 0.15) is 0 Å². The zero-order valence-electron chi connectivity index (χ0n) is 8.75. The Morgan fingerprint density at radius 1 is 1.73 bits per heavy atom. The van der Waals surface area contributed by atoms with Gasteiger partial charge in [0, 0.05) is 11.9 Å². The Balaban J connectivity index is 2.36. The average molecular weight is 355 g/mol. The fourth-order valence-corrected chi connectivity index (χ4v) is 3.15. The van der Waals surface area contributed by atoms with Gasteiger partial charge in [-0.05, 0) is 46.6 Å². The fourth-order valence-electron chi connectivity index (χ4n) is 1.14. The molecule has 1 amide bonds. The first-order valence-electron chi connectivity index (χ1n) is 4.64. The first-order chi connectivity index (χ1) is 7.13. The minimum Gasteiger partial charge on any atom is -0.352 e. The lowest BCUT2D eigenvalue weighted by atomic mass is 10.2. The Kier molecular flexibility index (Phi) is 5.99. The van der Waals surface area contributed by atoms with Crippen LogP contribution in [0.25, 0.3) is 0 Å². The lowest BCUT2D eigenvalue weighted by Gasteiger charge is -2.10. The van der Waals surface area contributed by atoms with Crippen LogP contribution in [0.4, 0.5) is 0 Å². The number of hydrogen-bond donors (Lipinski definition) is 1. The molecular weight excluding hydrogens is 341 g/mol. The molecule has 0 aliphatic heterocycles. The Labute approximate surface area is 112 Å². The fraction of sp³-hybridized carbons (Fsp3) is 0.500. The first-order valence-corrected chi connectivity index (χ1v) is 8.00. The summed E-state index contributed by atoms with van der Waals surface area (Å²) in [6.07, 6.45) is 2.08. The van der Waals surface area contributed by atoms with Crippen molar-refractivity contribution in [2.75, 3.05) is 18.6 Å². The van der Waals surface area contributed by atoms with E-state index in [1.54, 1.807) is 11.3 Å². The van der Waals surface area contributed by atoms with Gasteiger partial charge in [-0.25, -0.2) is 0 Å².